The lowest BCUT2D eigenvalue weighted by Crippen LogP contribution is -2.30. The van der Waals surface area contributed by atoms with Crippen LogP contribution in [0.15, 0.2) is 47.4 Å². The molecule has 8 nitrogen and oxygen atoms in total. The van der Waals surface area contributed by atoms with Crippen LogP contribution >= 0.6 is 0 Å². The first-order chi connectivity index (χ1) is 13.3. The van der Waals surface area contributed by atoms with Crippen molar-refractivity contribution >= 4 is 15.7 Å². The predicted molar refractivity (Wildman–Crippen MR) is 105 cm³/mol. The van der Waals surface area contributed by atoms with Crippen molar-refractivity contribution in [3.8, 4) is 11.5 Å². The van der Waals surface area contributed by atoms with Gasteiger partial charge >= 0.3 is 5.69 Å². The van der Waals surface area contributed by atoms with Crippen LogP contribution in [0.3, 0.4) is 0 Å². The summed E-state index contributed by atoms with van der Waals surface area (Å²) in [5.74, 6) is 0.667. The number of hydrogen-bond donors (Lipinski definition) is 0. The first kappa shape index (κ1) is 21.6. The highest BCUT2D eigenvalue weighted by Crippen LogP contribution is 2.31. The summed E-state index contributed by atoms with van der Waals surface area (Å²) in [6.07, 6.45) is 0. The van der Waals surface area contributed by atoms with Crippen LogP contribution in [0, 0.1) is 17.0 Å². The lowest BCUT2D eigenvalue weighted by atomic mass is 10.2. The van der Waals surface area contributed by atoms with Crippen molar-refractivity contribution in [2.75, 3.05) is 26.3 Å². The molecule has 0 aliphatic rings. The number of ether oxygens (including phenoxy) is 2. The van der Waals surface area contributed by atoms with Crippen molar-refractivity contribution in [2.24, 2.45) is 0 Å². The van der Waals surface area contributed by atoms with Crippen molar-refractivity contribution < 1.29 is 22.8 Å². The van der Waals surface area contributed by atoms with E-state index < -0.39 is 20.6 Å². The van der Waals surface area contributed by atoms with Crippen LogP contribution in [-0.4, -0.2) is 43.9 Å². The molecule has 0 saturated carbocycles. The Kier molecular flexibility index (Phi) is 7.36. The molecule has 0 aliphatic heterocycles. The Hall–Kier alpha value is -2.65. The Bertz CT molecular complexity index is 909. The molecule has 0 heterocycles. The summed E-state index contributed by atoms with van der Waals surface area (Å²) in [6, 6.07) is 11.1. The highest BCUT2D eigenvalue weighted by molar-refractivity contribution is 7.89. The number of nitrogens with zero attached hydrogens (tertiary/aromatic N) is 2. The molecule has 0 saturated heterocycles. The van der Waals surface area contributed by atoms with Gasteiger partial charge in [0.05, 0.1) is 9.82 Å². The minimum Gasteiger partial charge on any atom is -0.490 e. The molecule has 0 unspecified atom stereocenters. The molecule has 0 fully saturated rings. The third kappa shape index (κ3) is 5.20. The zero-order chi connectivity index (χ0) is 20.7. The van der Waals surface area contributed by atoms with Gasteiger partial charge in [-0.1, -0.05) is 31.5 Å². The van der Waals surface area contributed by atoms with Crippen LogP contribution < -0.4 is 9.47 Å². The van der Waals surface area contributed by atoms with Crippen LogP contribution in [0.2, 0.25) is 0 Å². The number of nitro groups is 1. The highest BCUT2D eigenvalue weighted by atomic mass is 32.2. The molecule has 0 aliphatic carbocycles. The van der Waals surface area contributed by atoms with E-state index in [1.807, 2.05) is 31.2 Å². The van der Waals surface area contributed by atoms with Crippen molar-refractivity contribution in [3.05, 3.63) is 58.1 Å². The quantitative estimate of drug-likeness (QED) is 0.339. The van der Waals surface area contributed by atoms with E-state index in [9.17, 15) is 18.5 Å². The Balaban J connectivity index is 2.10. The fourth-order valence-electron chi connectivity index (χ4n) is 2.58. The molecule has 0 radical (unpaired) electrons. The minimum absolute atomic E-state index is 0.00370. The SMILES string of the molecule is CCN(CC)S(=O)(=O)c1ccc(OCCOc2ccc(C)cc2)c([N+](=O)[O-])c1. The summed E-state index contributed by atoms with van der Waals surface area (Å²) in [5, 5.41) is 11.4. The van der Waals surface area contributed by atoms with Crippen LogP contribution in [0.1, 0.15) is 19.4 Å². The molecule has 2 aromatic rings. The van der Waals surface area contributed by atoms with Gasteiger partial charge in [-0.2, -0.15) is 4.31 Å². The molecule has 28 heavy (non-hydrogen) atoms. The summed E-state index contributed by atoms with van der Waals surface area (Å²) in [4.78, 5) is 10.6. The third-order valence-corrected chi connectivity index (χ3v) is 6.15. The number of benzene rings is 2. The molecule has 0 atom stereocenters. The summed E-state index contributed by atoms with van der Waals surface area (Å²) in [6.45, 7) is 6.22. The van der Waals surface area contributed by atoms with Gasteiger partial charge in [-0.05, 0) is 31.2 Å². The molecule has 152 valence electrons. The van der Waals surface area contributed by atoms with Gasteiger partial charge < -0.3 is 9.47 Å². The monoisotopic (exact) mass is 408 g/mol. The fourth-order valence-corrected chi connectivity index (χ4v) is 4.06. The second kappa shape index (κ2) is 9.52. The summed E-state index contributed by atoms with van der Waals surface area (Å²) in [5.41, 5.74) is 0.711. The molecule has 0 N–H and O–H groups in total. The second-order valence-corrected chi connectivity index (χ2v) is 7.92. The number of rotatable bonds is 10. The van der Waals surface area contributed by atoms with Gasteiger partial charge in [0.25, 0.3) is 0 Å². The molecule has 0 amide bonds. The lowest BCUT2D eigenvalue weighted by molar-refractivity contribution is -0.386. The largest absolute Gasteiger partial charge is 0.490 e. The summed E-state index contributed by atoms with van der Waals surface area (Å²) in [7, 11) is -3.79. The molecular weight excluding hydrogens is 384 g/mol. The average Bonchev–Trinajstić information content (AvgIpc) is 2.67. The number of aryl methyl sites for hydroxylation is 1. The van der Waals surface area contributed by atoms with E-state index >= 15 is 0 Å². The van der Waals surface area contributed by atoms with Gasteiger partial charge in [-0.25, -0.2) is 8.42 Å². The predicted octanol–water partition coefficient (Wildman–Crippen LogP) is 3.39. The molecule has 2 rings (SSSR count). The lowest BCUT2D eigenvalue weighted by Gasteiger charge is -2.18. The van der Waals surface area contributed by atoms with E-state index in [0.717, 1.165) is 11.6 Å². The van der Waals surface area contributed by atoms with Gasteiger partial charge in [0, 0.05) is 19.2 Å². The first-order valence-corrected chi connectivity index (χ1v) is 10.3. The maximum atomic E-state index is 12.6. The molecular formula is C19H24N2O6S. The van der Waals surface area contributed by atoms with E-state index in [2.05, 4.69) is 0 Å². The number of hydrogen-bond acceptors (Lipinski definition) is 6. The number of sulfonamides is 1. The van der Waals surface area contributed by atoms with Gasteiger partial charge in [-0.3, -0.25) is 10.1 Å². The van der Waals surface area contributed by atoms with E-state index in [1.54, 1.807) is 13.8 Å². The Morgan fingerprint density at radius 1 is 1.00 bits per heavy atom. The zero-order valence-corrected chi connectivity index (χ0v) is 16.9. The Morgan fingerprint density at radius 3 is 2.18 bits per heavy atom. The van der Waals surface area contributed by atoms with E-state index in [1.165, 1.54) is 16.4 Å². The topological polar surface area (TPSA) is 99.0 Å². The fraction of sp³-hybridized carbons (Fsp3) is 0.368. The van der Waals surface area contributed by atoms with E-state index in [4.69, 9.17) is 9.47 Å². The van der Waals surface area contributed by atoms with Crippen LogP contribution in [0.5, 0.6) is 11.5 Å². The molecule has 0 spiro atoms. The van der Waals surface area contributed by atoms with Crippen molar-refractivity contribution in [1.82, 2.24) is 4.31 Å². The second-order valence-electron chi connectivity index (χ2n) is 5.99. The molecule has 9 heteroatoms. The van der Waals surface area contributed by atoms with Crippen molar-refractivity contribution in [2.45, 2.75) is 25.7 Å². The average molecular weight is 408 g/mol. The maximum absolute atomic E-state index is 12.6. The molecule has 0 aromatic heterocycles. The zero-order valence-electron chi connectivity index (χ0n) is 16.1. The van der Waals surface area contributed by atoms with Crippen molar-refractivity contribution in [3.63, 3.8) is 0 Å². The third-order valence-electron chi connectivity index (χ3n) is 4.10. The van der Waals surface area contributed by atoms with Crippen LogP contribution in [0.4, 0.5) is 5.69 Å². The standard InChI is InChI=1S/C19H24N2O6S/c1-4-20(5-2)28(24,25)17-10-11-19(18(14-17)21(22)23)27-13-12-26-16-8-6-15(3)7-9-16/h6-11,14H,4-5,12-13H2,1-3H3. The van der Waals surface area contributed by atoms with Gasteiger partial charge in [-0.15, -0.1) is 0 Å². The maximum Gasteiger partial charge on any atom is 0.312 e. The van der Waals surface area contributed by atoms with Gasteiger partial charge in [0.1, 0.15) is 19.0 Å². The molecule has 0 bridgehead atoms. The van der Waals surface area contributed by atoms with E-state index in [0.29, 0.717) is 5.75 Å². The van der Waals surface area contributed by atoms with Gasteiger partial charge in [0.2, 0.25) is 10.0 Å². The van der Waals surface area contributed by atoms with Gasteiger partial charge in [0.15, 0.2) is 5.75 Å². The van der Waals surface area contributed by atoms with Crippen LogP contribution in [-0.2, 0) is 10.0 Å². The molecule has 2 aromatic carbocycles. The smallest absolute Gasteiger partial charge is 0.312 e. The normalized spacial score (nSPS) is 11.4. The summed E-state index contributed by atoms with van der Waals surface area (Å²) >= 11 is 0. The summed E-state index contributed by atoms with van der Waals surface area (Å²) < 4.78 is 37.3. The van der Waals surface area contributed by atoms with Crippen LogP contribution in [0.25, 0.3) is 0 Å². The highest BCUT2D eigenvalue weighted by Gasteiger charge is 2.26. The Labute approximate surface area is 164 Å². The minimum atomic E-state index is -3.79. The van der Waals surface area contributed by atoms with E-state index in [-0.39, 0.29) is 36.9 Å². The van der Waals surface area contributed by atoms with Crippen molar-refractivity contribution in [1.29, 1.82) is 0 Å². The number of nitro benzene ring substituents is 1. The Morgan fingerprint density at radius 2 is 1.61 bits per heavy atom. The first-order valence-electron chi connectivity index (χ1n) is 8.90.